The third-order valence-electron chi connectivity index (χ3n) is 4.37. The fraction of sp³-hybridized carbons (Fsp3) is 0.316. The number of quaternary nitrogens is 1. The van der Waals surface area contributed by atoms with Gasteiger partial charge in [-0.3, -0.25) is 4.79 Å². The predicted molar refractivity (Wildman–Crippen MR) is 89.7 cm³/mol. The molecular formula is C19H23N2O2+. The zero-order valence-electron chi connectivity index (χ0n) is 13.5. The quantitative estimate of drug-likeness (QED) is 0.922. The molecule has 3 rings (SSSR count). The third-order valence-corrected chi connectivity index (χ3v) is 4.37. The molecule has 1 saturated heterocycles. The topological polar surface area (TPSA) is 34.0 Å². The van der Waals surface area contributed by atoms with E-state index in [0.717, 1.165) is 44.0 Å². The molecule has 0 bridgehead atoms. The number of rotatable bonds is 4. The van der Waals surface area contributed by atoms with E-state index in [2.05, 4.69) is 12.1 Å². The van der Waals surface area contributed by atoms with Crippen LogP contribution >= 0.6 is 0 Å². The van der Waals surface area contributed by atoms with Gasteiger partial charge in [0.15, 0.2) is 0 Å². The highest BCUT2D eigenvalue weighted by molar-refractivity contribution is 5.94. The molecular weight excluding hydrogens is 288 g/mol. The maximum Gasteiger partial charge on any atom is 0.254 e. The molecule has 0 atom stereocenters. The fourth-order valence-electron chi connectivity index (χ4n) is 3.04. The second kappa shape index (κ2) is 7.29. The van der Waals surface area contributed by atoms with Crippen LogP contribution in [0.1, 0.15) is 15.9 Å². The Kier molecular flexibility index (Phi) is 4.93. The summed E-state index contributed by atoms with van der Waals surface area (Å²) in [6.45, 7) is 4.57. The molecule has 2 aromatic carbocycles. The van der Waals surface area contributed by atoms with Crippen molar-refractivity contribution in [1.29, 1.82) is 0 Å². The Hall–Kier alpha value is -2.33. The van der Waals surface area contributed by atoms with Gasteiger partial charge < -0.3 is 14.5 Å². The van der Waals surface area contributed by atoms with E-state index >= 15 is 0 Å². The van der Waals surface area contributed by atoms with Crippen LogP contribution in [0.2, 0.25) is 0 Å². The van der Waals surface area contributed by atoms with E-state index in [0.29, 0.717) is 0 Å². The van der Waals surface area contributed by atoms with Crippen LogP contribution in [0.25, 0.3) is 0 Å². The van der Waals surface area contributed by atoms with Crippen LogP contribution in [0.15, 0.2) is 54.6 Å². The molecule has 1 aliphatic heterocycles. The van der Waals surface area contributed by atoms with Gasteiger partial charge in [-0.1, -0.05) is 30.3 Å². The summed E-state index contributed by atoms with van der Waals surface area (Å²) in [5, 5.41) is 0. The SMILES string of the molecule is COc1cccc(C[NH+]2CCN(C(=O)c3ccccc3)CC2)c1. The van der Waals surface area contributed by atoms with E-state index < -0.39 is 0 Å². The Balaban J connectivity index is 1.55. The molecule has 2 aromatic rings. The molecule has 0 unspecified atom stereocenters. The molecule has 0 spiro atoms. The Morgan fingerprint density at radius 3 is 2.52 bits per heavy atom. The molecule has 0 aromatic heterocycles. The molecule has 120 valence electrons. The summed E-state index contributed by atoms with van der Waals surface area (Å²) in [5.74, 6) is 1.05. The Labute approximate surface area is 137 Å². The highest BCUT2D eigenvalue weighted by Crippen LogP contribution is 2.11. The summed E-state index contributed by atoms with van der Waals surface area (Å²) < 4.78 is 5.28. The van der Waals surface area contributed by atoms with E-state index in [4.69, 9.17) is 4.74 Å². The fourth-order valence-corrected chi connectivity index (χ4v) is 3.04. The molecule has 1 aliphatic rings. The van der Waals surface area contributed by atoms with Crippen LogP contribution in [-0.2, 0) is 6.54 Å². The number of methoxy groups -OCH3 is 1. The third kappa shape index (κ3) is 3.90. The van der Waals surface area contributed by atoms with Gasteiger partial charge in [-0.25, -0.2) is 0 Å². The van der Waals surface area contributed by atoms with E-state index in [1.165, 1.54) is 10.5 Å². The van der Waals surface area contributed by atoms with Crippen molar-refractivity contribution in [2.75, 3.05) is 33.3 Å². The van der Waals surface area contributed by atoms with Crippen LogP contribution in [0.3, 0.4) is 0 Å². The molecule has 0 aliphatic carbocycles. The lowest BCUT2D eigenvalue weighted by Crippen LogP contribution is -3.13. The average molecular weight is 311 g/mol. The molecule has 4 nitrogen and oxygen atoms in total. The number of benzene rings is 2. The number of amides is 1. The first-order chi connectivity index (χ1) is 11.3. The molecule has 23 heavy (non-hydrogen) atoms. The highest BCUT2D eigenvalue weighted by Gasteiger charge is 2.24. The van der Waals surface area contributed by atoms with Gasteiger partial charge in [0.25, 0.3) is 5.91 Å². The molecule has 4 heteroatoms. The molecule has 1 fully saturated rings. The molecule has 1 amide bonds. The van der Waals surface area contributed by atoms with E-state index in [1.54, 1.807) is 7.11 Å². The highest BCUT2D eigenvalue weighted by atomic mass is 16.5. The molecule has 1 heterocycles. The van der Waals surface area contributed by atoms with Gasteiger partial charge in [-0.2, -0.15) is 0 Å². The van der Waals surface area contributed by atoms with Crippen molar-refractivity contribution in [3.63, 3.8) is 0 Å². The maximum atomic E-state index is 12.4. The van der Waals surface area contributed by atoms with Crippen LogP contribution in [-0.4, -0.2) is 44.1 Å². The first kappa shape index (κ1) is 15.6. The lowest BCUT2D eigenvalue weighted by atomic mass is 10.1. The second-order valence-electron chi connectivity index (χ2n) is 5.94. The number of piperazine rings is 1. The summed E-state index contributed by atoms with van der Waals surface area (Å²) in [7, 11) is 1.69. The van der Waals surface area contributed by atoms with Crippen LogP contribution in [0.5, 0.6) is 5.75 Å². The Morgan fingerprint density at radius 2 is 1.83 bits per heavy atom. The largest absolute Gasteiger partial charge is 0.497 e. The van der Waals surface area contributed by atoms with Gasteiger partial charge in [-0.05, 0) is 24.3 Å². The molecule has 0 radical (unpaired) electrons. The van der Waals surface area contributed by atoms with Crippen molar-refractivity contribution >= 4 is 5.91 Å². The molecule has 0 saturated carbocycles. The van der Waals surface area contributed by atoms with Crippen LogP contribution < -0.4 is 9.64 Å². The summed E-state index contributed by atoms with van der Waals surface area (Å²) in [4.78, 5) is 15.9. The van der Waals surface area contributed by atoms with Gasteiger partial charge in [0.1, 0.15) is 12.3 Å². The number of nitrogens with zero attached hydrogens (tertiary/aromatic N) is 1. The minimum atomic E-state index is 0.144. The van der Waals surface area contributed by atoms with Crippen molar-refractivity contribution in [3.05, 3.63) is 65.7 Å². The van der Waals surface area contributed by atoms with Crippen molar-refractivity contribution in [2.24, 2.45) is 0 Å². The van der Waals surface area contributed by atoms with Gasteiger partial charge in [0.2, 0.25) is 0 Å². The minimum absolute atomic E-state index is 0.144. The lowest BCUT2D eigenvalue weighted by molar-refractivity contribution is -0.917. The number of hydrogen-bond donors (Lipinski definition) is 1. The predicted octanol–water partition coefficient (Wildman–Crippen LogP) is 1.24. The summed E-state index contributed by atoms with van der Waals surface area (Å²) in [6.07, 6.45) is 0. The normalized spacial score (nSPS) is 15.4. The van der Waals surface area contributed by atoms with Crippen molar-refractivity contribution < 1.29 is 14.4 Å². The number of ether oxygens (including phenoxy) is 1. The first-order valence-corrected chi connectivity index (χ1v) is 8.07. The molecule has 1 N–H and O–H groups in total. The first-order valence-electron chi connectivity index (χ1n) is 8.07. The minimum Gasteiger partial charge on any atom is -0.497 e. The summed E-state index contributed by atoms with van der Waals surface area (Å²) in [5.41, 5.74) is 2.06. The average Bonchev–Trinajstić information content (AvgIpc) is 2.63. The zero-order chi connectivity index (χ0) is 16.1. The second-order valence-corrected chi connectivity index (χ2v) is 5.94. The van der Waals surface area contributed by atoms with Crippen molar-refractivity contribution in [2.45, 2.75) is 6.54 Å². The van der Waals surface area contributed by atoms with Gasteiger partial charge >= 0.3 is 0 Å². The van der Waals surface area contributed by atoms with E-state index in [9.17, 15) is 4.79 Å². The van der Waals surface area contributed by atoms with E-state index in [1.807, 2.05) is 47.4 Å². The number of carbonyl (C=O) groups is 1. The van der Waals surface area contributed by atoms with Gasteiger partial charge in [0, 0.05) is 11.1 Å². The smallest absolute Gasteiger partial charge is 0.254 e. The Bertz CT molecular complexity index is 649. The summed E-state index contributed by atoms with van der Waals surface area (Å²) >= 11 is 0. The zero-order valence-corrected chi connectivity index (χ0v) is 13.5. The lowest BCUT2D eigenvalue weighted by Gasteiger charge is -2.32. The van der Waals surface area contributed by atoms with Crippen LogP contribution in [0.4, 0.5) is 0 Å². The monoisotopic (exact) mass is 311 g/mol. The van der Waals surface area contributed by atoms with Gasteiger partial charge in [0.05, 0.1) is 33.3 Å². The summed E-state index contributed by atoms with van der Waals surface area (Å²) in [6, 6.07) is 17.8. The van der Waals surface area contributed by atoms with Crippen molar-refractivity contribution in [3.8, 4) is 5.75 Å². The van der Waals surface area contributed by atoms with Crippen molar-refractivity contribution in [1.82, 2.24) is 4.90 Å². The maximum absolute atomic E-state index is 12.4. The standard InChI is InChI=1S/C19H22N2O2/c1-23-18-9-5-6-16(14-18)15-20-10-12-21(13-11-20)19(22)17-7-3-2-4-8-17/h2-9,14H,10-13,15H2,1H3/p+1. The van der Waals surface area contributed by atoms with E-state index in [-0.39, 0.29) is 5.91 Å². The van der Waals surface area contributed by atoms with Crippen LogP contribution in [0, 0.1) is 0 Å². The number of carbonyl (C=O) groups excluding carboxylic acids is 1. The number of hydrogen-bond acceptors (Lipinski definition) is 2. The van der Waals surface area contributed by atoms with Gasteiger partial charge in [-0.15, -0.1) is 0 Å². The Morgan fingerprint density at radius 1 is 1.09 bits per heavy atom. The number of nitrogens with one attached hydrogen (secondary N) is 1.